The Labute approximate surface area is 119 Å². The zero-order chi connectivity index (χ0) is 15.6. The Kier molecular flexibility index (Phi) is 3.89. The summed E-state index contributed by atoms with van der Waals surface area (Å²) in [5.74, 6) is -0.116. The van der Waals surface area contributed by atoms with Crippen molar-refractivity contribution in [3.63, 3.8) is 0 Å². The van der Waals surface area contributed by atoms with Crippen LogP contribution in [-0.2, 0) is 9.84 Å². The molecule has 0 bridgehead atoms. The quantitative estimate of drug-likeness (QED) is 0.376. The van der Waals surface area contributed by atoms with Gasteiger partial charge in [0.2, 0.25) is 9.84 Å². The summed E-state index contributed by atoms with van der Waals surface area (Å²) in [4.78, 5) is 7.77. The van der Waals surface area contributed by atoms with Gasteiger partial charge in [0.25, 0.3) is 0 Å². The van der Waals surface area contributed by atoms with Gasteiger partial charge >= 0.3 is 0 Å². The van der Waals surface area contributed by atoms with E-state index < -0.39 is 9.84 Å². The Bertz CT molecular complexity index is 716. The number of nitrogens with two attached hydrogens (primary N) is 2. The molecule has 0 aliphatic heterocycles. The minimum absolute atomic E-state index is 0.0399. The molecule has 0 heterocycles. The second-order valence-corrected chi connectivity index (χ2v) is 6.03. The third kappa shape index (κ3) is 2.70. The number of hydrogen-bond donors (Lipinski definition) is 4. The molecule has 21 heavy (non-hydrogen) atoms. The molecule has 8 nitrogen and oxygen atoms in total. The van der Waals surface area contributed by atoms with E-state index in [0.29, 0.717) is 0 Å². The van der Waals surface area contributed by atoms with E-state index in [2.05, 4.69) is 9.78 Å². The number of benzene rings is 2. The maximum absolute atomic E-state index is 12.4. The molecule has 0 saturated carbocycles. The van der Waals surface area contributed by atoms with Gasteiger partial charge in [0.1, 0.15) is 0 Å². The first-order valence-corrected chi connectivity index (χ1v) is 7.05. The van der Waals surface area contributed by atoms with E-state index in [1.54, 1.807) is 0 Å². The van der Waals surface area contributed by atoms with Crippen molar-refractivity contribution >= 4 is 21.2 Å². The lowest BCUT2D eigenvalue weighted by Crippen LogP contribution is -2.05. The van der Waals surface area contributed by atoms with Gasteiger partial charge in [-0.15, -0.1) is 0 Å². The molecule has 0 fully saturated rings. The van der Waals surface area contributed by atoms with E-state index in [9.17, 15) is 8.42 Å². The highest BCUT2D eigenvalue weighted by atomic mass is 32.2. The van der Waals surface area contributed by atoms with E-state index in [1.807, 2.05) is 0 Å². The lowest BCUT2D eigenvalue weighted by atomic mass is 10.3. The van der Waals surface area contributed by atoms with Gasteiger partial charge in [-0.25, -0.2) is 18.9 Å². The minimum atomic E-state index is -3.87. The van der Waals surface area contributed by atoms with Crippen LogP contribution in [0.25, 0.3) is 0 Å². The van der Waals surface area contributed by atoms with E-state index >= 15 is 0 Å². The van der Waals surface area contributed by atoms with Gasteiger partial charge in [-0.1, -0.05) is 0 Å². The van der Waals surface area contributed by atoms with Crippen LogP contribution in [0.2, 0.25) is 0 Å². The van der Waals surface area contributed by atoms with Crippen molar-refractivity contribution < 1.29 is 28.7 Å². The SMILES string of the molecule is Nc1cc(S(=O)(=O)c2ccc(OO)c(N)c2)ccc1OO. The largest absolute Gasteiger partial charge is 0.396 e. The molecule has 0 spiro atoms. The average Bonchev–Trinajstić information content (AvgIpc) is 2.47. The molecule has 0 unspecified atom stereocenters. The smallest absolute Gasteiger partial charge is 0.206 e. The second-order valence-electron chi connectivity index (χ2n) is 4.09. The van der Waals surface area contributed by atoms with Crippen molar-refractivity contribution in [3.8, 4) is 11.5 Å². The molecule has 0 aliphatic rings. The van der Waals surface area contributed by atoms with E-state index in [0.717, 1.165) is 12.1 Å². The van der Waals surface area contributed by atoms with Gasteiger partial charge in [0.15, 0.2) is 11.5 Å². The fraction of sp³-hybridized carbons (Fsp3) is 0. The van der Waals surface area contributed by atoms with Gasteiger partial charge in [0, 0.05) is 0 Å². The number of hydrogen-bond acceptors (Lipinski definition) is 8. The fourth-order valence-corrected chi connectivity index (χ4v) is 3.02. The van der Waals surface area contributed by atoms with Gasteiger partial charge in [-0.2, -0.15) is 0 Å². The van der Waals surface area contributed by atoms with Crippen LogP contribution in [0.4, 0.5) is 11.4 Å². The van der Waals surface area contributed by atoms with Crippen LogP contribution >= 0.6 is 0 Å². The molecule has 112 valence electrons. The highest BCUT2D eigenvalue weighted by Gasteiger charge is 2.20. The van der Waals surface area contributed by atoms with E-state index in [1.165, 1.54) is 24.3 Å². The van der Waals surface area contributed by atoms with Crippen LogP contribution in [0.3, 0.4) is 0 Å². The highest BCUT2D eigenvalue weighted by Crippen LogP contribution is 2.31. The van der Waals surface area contributed by atoms with Crippen molar-refractivity contribution in [2.24, 2.45) is 0 Å². The fourth-order valence-electron chi connectivity index (χ4n) is 1.69. The Morgan fingerprint density at radius 2 is 1.19 bits per heavy atom. The van der Waals surface area contributed by atoms with Crippen LogP contribution in [0, 0.1) is 0 Å². The highest BCUT2D eigenvalue weighted by molar-refractivity contribution is 7.91. The molecule has 2 aromatic rings. The first-order valence-electron chi connectivity index (χ1n) is 5.57. The van der Waals surface area contributed by atoms with Crippen LogP contribution in [0.5, 0.6) is 11.5 Å². The molecule has 9 heteroatoms. The molecule has 2 rings (SSSR count). The molecular weight excluding hydrogens is 300 g/mol. The van der Waals surface area contributed by atoms with Crippen LogP contribution in [-0.4, -0.2) is 18.9 Å². The third-order valence-electron chi connectivity index (χ3n) is 2.78. The standard InChI is InChI=1S/C12H12N2O6S/c13-9-5-7(1-3-11(9)19-15)21(17,18)8-2-4-12(20-16)10(14)6-8/h1-6,15-16H,13-14H2. The Hall–Kier alpha value is -2.49. The topological polar surface area (TPSA) is 145 Å². The maximum atomic E-state index is 12.4. The molecule has 2 aromatic carbocycles. The van der Waals surface area contributed by atoms with Crippen molar-refractivity contribution in [1.29, 1.82) is 0 Å². The molecule has 0 atom stereocenters. The van der Waals surface area contributed by atoms with Crippen molar-refractivity contribution in [2.45, 2.75) is 9.79 Å². The van der Waals surface area contributed by atoms with Crippen molar-refractivity contribution in [1.82, 2.24) is 0 Å². The number of anilines is 2. The number of sulfone groups is 1. The summed E-state index contributed by atoms with van der Waals surface area (Å²) < 4.78 is 24.8. The summed E-state index contributed by atoms with van der Waals surface area (Å²) in [7, 11) is -3.87. The van der Waals surface area contributed by atoms with E-state index in [4.69, 9.17) is 22.0 Å². The third-order valence-corrected chi connectivity index (χ3v) is 4.53. The Morgan fingerprint density at radius 3 is 1.48 bits per heavy atom. The lowest BCUT2D eigenvalue weighted by molar-refractivity contribution is -0.136. The number of nitrogen functional groups attached to an aromatic ring is 2. The first kappa shape index (κ1) is 14.9. The minimum Gasteiger partial charge on any atom is -0.396 e. The summed E-state index contributed by atoms with van der Waals surface area (Å²) in [5.41, 5.74) is 11.0. The molecular formula is C12H12N2O6S. The second kappa shape index (κ2) is 5.48. The molecule has 0 radical (unpaired) electrons. The van der Waals surface area contributed by atoms with Gasteiger partial charge in [-0.05, 0) is 36.4 Å². The predicted octanol–water partition coefficient (Wildman–Crippen LogP) is 1.39. The van der Waals surface area contributed by atoms with Crippen molar-refractivity contribution in [3.05, 3.63) is 36.4 Å². The summed E-state index contributed by atoms with van der Waals surface area (Å²) in [6.07, 6.45) is 0. The average molecular weight is 312 g/mol. The summed E-state index contributed by atoms with van der Waals surface area (Å²) in [6.45, 7) is 0. The van der Waals surface area contributed by atoms with Gasteiger partial charge in [0.05, 0.1) is 21.2 Å². The summed E-state index contributed by atoms with van der Waals surface area (Å²) in [5, 5.41) is 17.1. The van der Waals surface area contributed by atoms with Crippen LogP contribution in [0.15, 0.2) is 46.2 Å². The number of rotatable bonds is 4. The van der Waals surface area contributed by atoms with Crippen molar-refractivity contribution in [2.75, 3.05) is 11.5 Å². The monoisotopic (exact) mass is 312 g/mol. The van der Waals surface area contributed by atoms with E-state index in [-0.39, 0.29) is 32.7 Å². The molecule has 6 N–H and O–H groups in total. The van der Waals surface area contributed by atoms with Crippen LogP contribution in [0.1, 0.15) is 0 Å². The van der Waals surface area contributed by atoms with Gasteiger partial charge in [-0.3, -0.25) is 0 Å². The Morgan fingerprint density at radius 1 is 0.810 bits per heavy atom. The maximum Gasteiger partial charge on any atom is 0.206 e. The zero-order valence-electron chi connectivity index (χ0n) is 10.6. The summed E-state index contributed by atoms with van der Waals surface area (Å²) >= 11 is 0. The predicted molar refractivity (Wildman–Crippen MR) is 73.7 cm³/mol. The van der Waals surface area contributed by atoms with Gasteiger partial charge < -0.3 is 21.2 Å². The first-order chi connectivity index (χ1) is 9.90. The molecule has 0 aromatic heterocycles. The molecule has 0 saturated heterocycles. The molecule has 0 aliphatic carbocycles. The van der Waals surface area contributed by atoms with Crippen LogP contribution < -0.4 is 21.2 Å². The normalized spacial score (nSPS) is 11.1. The lowest BCUT2D eigenvalue weighted by Gasteiger charge is -2.09. The zero-order valence-corrected chi connectivity index (χ0v) is 11.4. The summed E-state index contributed by atoms with van der Waals surface area (Å²) in [6, 6.07) is 7.18. The Balaban J connectivity index is 2.51. The molecule has 0 amide bonds.